The second-order valence-electron chi connectivity index (χ2n) is 11.9. The summed E-state index contributed by atoms with van der Waals surface area (Å²) in [6, 6.07) is 63.3. The van der Waals surface area contributed by atoms with E-state index in [0.717, 1.165) is 16.7 Å². The highest BCUT2D eigenvalue weighted by atomic mass is 15.4. The molecule has 2 nitrogen and oxygen atoms in total. The van der Waals surface area contributed by atoms with E-state index < -0.39 is 0 Å². The number of nitrogens with zero attached hydrogens (tertiary/aromatic N) is 1. The number of para-hydroxylation sites is 1. The molecule has 0 bridgehead atoms. The summed E-state index contributed by atoms with van der Waals surface area (Å²) < 4.78 is 2.29. The highest BCUT2D eigenvalue weighted by Crippen LogP contribution is 2.43. The van der Waals surface area contributed by atoms with Crippen LogP contribution in [-0.4, -0.2) is 4.68 Å². The van der Waals surface area contributed by atoms with Crippen molar-refractivity contribution >= 4 is 49.0 Å². The van der Waals surface area contributed by atoms with Crippen molar-refractivity contribution in [3.63, 3.8) is 0 Å². The van der Waals surface area contributed by atoms with Crippen LogP contribution in [0.25, 0.3) is 76.7 Å². The van der Waals surface area contributed by atoms with E-state index in [-0.39, 0.29) is 0 Å². The molecule has 0 saturated heterocycles. The maximum Gasteiger partial charge on any atom is 0.0794 e. The van der Waals surface area contributed by atoms with E-state index in [9.17, 15) is 0 Å². The predicted molar refractivity (Wildman–Crippen MR) is 196 cm³/mol. The summed E-state index contributed by atoms with van der Waals surface area (Å²) in [5.74, 6) is 0. The van der Waals surface area contributed by atoms with Gasteiger partial charge < -0.3 is 0 Å². The van der Waals surface area contributed by atoms with Crippen molar-refractivity contribution in [1.29, 1.82) is 0 Å². The van der Waals surface area contributed by atoms with Crippen LogP contribution in [0.1, 0.15) is 0 Å². The molecule has 0 unspecified atom stereocenters. The van der Waals surface area contributed by atoms with Crippen LogP contribution in [0.2, 0.25) is 0 Å². The zero-order chi connectivity index (χ0) is 30.5. The Labute approximate surface area is 267 Å². The minimum atomic E-state index is 1.04. The lowest BCUT2D eigenvalue weighted by molar-refractivity contribution is 1.06. The first-order valence-corrected chi connectivity index (χ1v) is 15.8. The van der Waals surface area contributed by atoms with Gasteiger partial charge in [-0.15, -0.1) is 0 Å². The first-order chi connectivity index (χ1) is 22.8. The summed E-state index contributed by atoms with van der Waals surface area (Å²) in [6.45, 7) is 0. The Bertz CT molecular complexity index is 2530. The van der Waals surface area contributed by atoms with Crippen LogP contribution in [0, 0.1) is 0 Å². The van der Waals surface area contributed by atoms with Crippen LogP contribution in [-0.2, 0) is 0 Å². The Kier molecular flexibility index (Phi) is 6.17. The zero-order valence-electron chi connectivity index (χ0n) is 25.2. The molecule has 0 aliphatic carbocycles. The molecule has 0 aliphatic heterocycles. The molecular weight excluding hydrogens is 556 g/mol. The number of anilines is 1. The lowest BCUT2D eigenvalue weighted by Crippen LogP contribution is -2.09. The topological polar surface area (TPSA) is 17.0 Å². The van der Waals surface area contributed by atoms with Crippen molar-refractivity contribution in [3.8, 4) is 33.4 Å². The molecule has 8 aromatic carbocycles. The third kappa shape index (κ3) is 4.27. The van der Waals surface area contributed by atoms with Crippen LogP contribution < -0.4 is 5.43 Å². The number of rotatable bonds is 5. The lowest BCUT2D eigenvalue weighted by atomic mass is 9.92. The minimum Gasteiger partial charge on any atom is -0.294 e. The molecule has 9 rings (SSSR count). The Hall–Kier alpha value is -6.12. The molecule has 1 aromatic heterocycles. The zero-order valence-corrected chi connectivity index (χ0v) is 25.2. The Balaban J connectivity index is 1.30. The predicted octanol–water partition coefficient (Wildman–Crippen LogP) is 12.0. The van der Waals surface area contributed by atoms with Gasteiger partial charge >= 0.3 is 0 Å². The number of benzene rings is 8. The fourth-order valence-corrected chi connectivity index (χ4v) is 7.12. The summed E-state index contributed by atoms with van der Waals surface area (Å²) in [5, 5.41) is 7.40. The summed E-state index contributed by atoms with van der Waals surface area (Å²) in [7, 11) is 0. The standard InChI is InChI=1S/C44H30N2/c1-4-14-30(15-5-1)37-26-27-40-39-22-12-13-23-41(39)46(44(40)43(37)32-18-8-3-9-19-32)45-35-24-25-38-34(29-35)28-33-20-10-11-21-36(33)42(38)31-16-6-2-7-17-31/h1-29,45H. The molecular formula is C44H30N2. The highest BCUT2D eigenvalue weighted by Gasteiger charge is 2.20. The molecule has 1 N–H and O–H groups in total. The van der Waals surface area contributed by atoms with E-state index in [1.54, 1.807) is 0 Å². The van der Waals surface area contributed by atoms with Crippen LogP contribution in [0.15, 0.2) is 176 Å². The minimum absolute atomic E-state index is 1.04. The number of hydrogen-bond acceptors (Lipinski definition) is 1. The maximum atomic E-state index is 3.87. The second-order valence-corrected chi connectivity index (χ2v) is 11.9. The number of nitrogens with one attached hydrogen (secondary N) is 1. The quantitative estimate of drug-likeness (QED) is 0.199. The highest BCUT2D eigenvalue weighted by molar-refractivity contribution is 6.16. The molecule has 2 heteroatoms. The molecule has 0 fully saturated rings. The van der Waals surface area contributed by atoms with Crippen LogP contribution in [0.5, 0.6) is 0 Å². The van der Waals surface area contributed by atoms with Gasteiger partial charge in [-0.25, -0.2) is 0 Å². The van der Waals surface area contributed by atoms with Crippen LogP contribution in [0.4, 0.5) is 5.69 Å². The fourth-order valence-electron chi connectivity index (χ4n) is 7.12. The van der Waals surface area contributed by atoms with Gasteiger partial charge in [0.1, 0.15) is 0 Å². The van der Waals surface area contributed by atoms with E-state index in [2.05, 4.69) is 186 Å². The van der Waals surface area contributed by atoms with Gasteiger partial charge in [0.15, 0.2) is 0 Å². The molecule has 0 amide bonds. The molecule has 0 saturated carbocycles. The lowest BCUT2D eigenvalue weighted by Gasteiger charge is -2.18. The second kappa shape index (κ2) is 10.8. The number of hydrogen-bond donors (Lipinski definition) is 1. The van der Waals surface area contributed by atoms with Crippen molar-refractivity contribution in [1.82, 2.24) is 4.68 Å². The Morgan fingerprint density at radius 2 is 0.935 bits per heavy atom. The first-order valence-electron chi connectivity index (χ1n) is 15.8. The summed E-state index contributed by atoms with van der Waals surface area (Å²) in [6.07, 6.45) is 0. The molecule has 216 valence electrons. The first kappa shape index (κ1) is 26.3. The van der Waals surface area contributed by atoms with Gasteiger partial charge in [0.05, 0.1) is 16.7 Å². The van der Waals surface area contributed by atoms with Gasteiger partial charge in [0.25, 0.3) is 0 Å². The molecule has 9 aromatic rings. The third-order valence-electron chi connectivity index (χ3n) is 9.15. The average molecular weight is 587 g/mol. The van der Waals surface area contributed by atoms with E-state index in [4.69, 9.17) is 0 Å². The molecule has 0 atom stereocenters. The van der Waals surface area contributed by atoms with Crippen molar-refractivity contribution in [2.45, 2.75) is 0 Å². The smallest absolute Gasteiger partial charge is 0.0794 e. The largest absolute Gasteiger partial charge is 0.294 e. The third-order valence-corrected chi connectivity index (χ3v) is 9.15. The van der Waals surface area contributed by atoms with Gasteiger partial charge in [0.2, 0.25) is 0 Å². The van der Waals surface area contributed by atoms with Crippen molar-refractivity contribution < 1.29 is 0 Å². The summed E-state index contributed by atoms with van der Waals surface area (Å²) >= 11 is 0. The Morgan fingerprint density at radius 3 is 1.67 bits per heavy atom. The SMILES string of the molecule is c1ccc(-c2ccc3c4ccccc4n(Nc4ccc5c(-c6ccccc6)c6ccccc6cc5c4)c3c2-c2ccccc2)cc1. The monoisotopic (exact) mass is 586 g/mol. The van der Waals surface area contributed by atoms with Crippen LogP contribution in [0.3, 0.4) is 0 Å². The van der Waals surface area contributed by atoms with Crippen molar-refractivity contribution in [2.75, 3.05) is 5.43 Å². The van der Waals surface area contributed by atoms with E-state index in [1.165, 1.54) is 65.7 Å². The molecule has 0 aliphatic rings. The van der Waals surface area contributed by atoms with Gasteiger partial charge in [-0.1, -0.05) is 152 Å². The Morgan fingerprint density at radius 1 is 0.370 bits per heavy atom. The normalized spacial score (nSPS) is 11.5. The van der Waals surface area contributed by atoms with Gasteiger partial charge in [-0.05, 0) is 73.6 Å². The van der Waals surface area contributed by atoms with Crippen molar-refractivity contribution in [3.05, 3.63) is 176 Å². The van der Waals surface area contributed by atoms with E-state index in [1.807, 2.05) is 0 Å². The fraction of sp³-hybridized carbons (Fsp3) is 0. The number of aromatic nitrogens is 1. The van der Waals surface area contributed by atoms with E-state index >= 15 is 0 Å². The van der Waals surface area contributed by atoms with E-state index in [0.29, 0.717) is 0 Å². The molecule has 0 spiro atoms. The van der Waals surface area contributed by atoms with Gasteiger partial charge in [0, 0.05) is 16.3 Å². The number of fused-ring (bicyclic) bond motifs is 5. The average Bonchev–Trinajstić information content (AvgIpc) is 3.44. The van der Waals surface area contributed by atoms with Crippen molar-refractivity contribution in [2.24, 2.45) is 0 Å². The summed E-state index contributed by atoms with van der Waals surface area (Å²) in [5.41, 5.74) is 14.5. The summed E-state index contributed by atoms with van der Waals surface area (Å²) in [4.78, 5) is 0. The van der Waals surface area contributed by atoms with Crippen LogP contribution >= 0.6 is 0 Å². The van der Waals surface area contributed by atoms with Gasteiger partial charge in [-0.2, -0.15) is 0 Å². The molecule has 1 heterocycles. The molecule has 46 heavy (non-hydrogen) atoms. The van der Waals surface area contributed by atoms with Gasteiger partial charge in [-0.3, -0.25) is 10.1 Å². The maximum absolute atomic E-state index is 3.87. The molecule has 0 radical (unpaired) electrons.